The van der Waals surface area contributed by atoms with Gasteiger partial charge in [-0.15, -0.1) is 0 Å². The number of fused-ring (bicyclic) bond motifs is 1. The number of hydrogen-bond donors (Lipinski definition) is 0. The van der Waals surface area contributed by atoms with Crippen LogP contribution < -0.4 is 9.47 Å². The van der Waals surface area contributed by atoms with Crippen molar-refractivity contribution in [2.75, 3.05) is 19.7 Å². The summed E-state index contributed by atoms with van der Waals surface area (Å²) in [6.45, 7) is 11.5. The van der Waals surface area contributed by atoms with Crippen LogP contribution in [0.25, 0.3) is 0 Å². The largest absolute Gasteiger partial charge is 0.486 e. The third-order valence-electron chi connectivity index (χ3n) is 6.88. The number of carbonyl (C=O) groups excluding carboxylic acids is 2. The summed E-state index contributed by atoms with van der Waals surface area (Å²) in [5.41, 5.74) is 4.62. The fourth-order valence-electron chi connectivity index (χ4n) is 4.67. The molecule has 2 aromatic carbocycles. The minimum absolute atomic E-state index is 0.0231. The molecule has 2 aliphatic heterocycles. The second-order valence-electron chi connectivity index (χ2n) is 9.68. The molecule has 4 rings (SSSR count). The molecule has 2 aliphatic rings. The second-order valence-corrected chi connectivity index (χ2v) is 9.68. The molecule has 0 atom stereocenters. The Labute approximate surface area is 190 Å². The Morgan fingerprint density at radius 3 is 2.47 bits per heavy atom. The van der Waals surface area contributed by atoms with Crippen LogP contribution in [0.2, 0.25) is 0 Å². The van der Waals surface area contributed by atoms with Crippen LogP contribution >= 0.6 is 0 Å². The third kappa shape index (κ3) is 4.38. The molecular weight excluding hydrogens is 402 g/mol. The molecule has 2 aromatic rings. The highest BCUT2D eigenvalue weighted by Crippen LogP contribution is 2.40. The summed E-state index contributed by atoms with van der Waals surface area (Å²) in [6, 6.07) is 10.1. The van der Waals surface area contributed by atoms with Gasteiger partial charge < -0.3 is 14.4 Å². The summed E-state index contributed by atoms with van der Waals surface area (Å²) in [5.74, 6) is 1.91. The van der Waals surface area contributed by atoms with Gasteiger partial charge in [-0.3, -0.25) is 9.59 Å². The van der Waals surface area contributed by atoms with Crippen LogP contribution in [0.4, 0.5) is 0 Å². The summed E-state index contributed by atoms with van der Waals surface area (Å²) < 4.78 is 12.3. The van der Waals surface area contributed by atoms with E-state index in [1.807, 2.05) is 43.9 Å². The molecule has 1 amide bonds. The Bertz CT molecular complexity index is 1050. The first-order valence-corrected chi connectivity index (χ1v) is 11.5. The number of amides is 1. The molecule has 0 aliphatic carbocycles. The van der Waals surface area contributed by atoms with E-state index in [-0.39, 0.29) is 18.3 Å². The number of nitrogens with zero attached hydrogens (tertiary/aromatic N) is 1. The normalized spacial score (nSPS) is 17.3. The molecule has 0 aromatic heterocycles. The Morgan fingerprint density at radius 1 is 1.09 bits per heavy atom. The summed E-state index contributed by atoms with van der Waals surface area (Å²) in [4.78, 5) is 27.5. The lowest BCUT2D eigenvalue weighted by molar-refractivity contribution is -0.136. The first kappa shape index (κ1) is 22.4. The van der Waals surface area contributed by atoms with Gasteiger partial charge in [0, 0.05) is 25.9 Å². The topological polar surface area (TPSA) is 55.8 Å². The highest BCUT2D eigenvalue weighted by molar-refractivity contribution is 6.00. The van der Waals surface area contributed by atoms with E-state index in [0.717, 1.165) is 28.0 Å². The van der Waals surface area contributed by atoms with Crippen molar-refractivity contribution in [1.82, 2.24) is 4.90 Å². The first-order chi connectivity index (χ1) is 15.2. The molecule has 32 heavy (non-hydrogen) atoms. The number of benzene rings is 2. The fourth-order valence-corrected chi connectivity index (χ4v) is 4.67. The SMILES string of the molecule is Cc1ccc(C(C)C)c(OCC(=O)N2CCC3(CC2)CC(=O)c2cc(C)c(C)cc2O3)c1. The van der Waals surface area contributed by atoms with E-state index in [9.17, 15) is 9.59 Å². The fraction of sp³-hybridized carbons (Fsp3) is 0.481. The molecule has 0 N–H and O–H groups in total. The number of Topliss-reactive ketones (excluding diaryl/α,β-unsaturated/α-hetero) is 1. The molecule has 1 fully saturated rings. The van der Waals surface area contributed by atoms with Gasteiger partial charge in [-0.1, -0.05) is 26.0 Å². The number of ketones is 1. The van der Waals surface area contributed by atoms with Gasteiger partial charge in [0.2, 0.25) is 0 Å². The minimum Gasteiger partial charge on any atom is -0.486 e. The molecule has 0 unspecified atom stereocenters. The molecule has 2 heterocycles. The average molecular weight is 436 g/mol. The van der Waals surface area contributed by atoms with Crippen LogP contribution in [-0.2, 0) is 4.79 Å². The maximum Gasteiger partial charge on any atom is 0.260 e. The number of piperidine rings is 1. The summed E-state index contributed by atoms with van der Waals surface area (Å²) in [7, 11) is 0. The van der Waals surface area contributed by atoms with Crippen LogP contribution in [0.1, 0.15) is 71.6 Å². The van der Waals surface area contributed by atoms with Gasteiger partial charge in [-0.05, 0) is 67.1 Å². The van der Waals surface area contributed by atoms with Crippen LogP contribution in [0.3, 0.4) is 0 Å². The van der Waals surface area contributed by atoms with E-state index < -0.39 is 5.60 Å². The van der Waals surface area contributed by atoms with Gasteiger partial charge in [0.1, 0.15) is 17.1 Å². The van der Waals surface area contributed by atoms with Crippen molar-refractivity contribution in [3.8, 4) is 11.5 Å². The molecule has 1 spiro atoms. The van der Waals surface area contributed by atoms with E-state index >= 15 is 0 Å². The zero-order chi connectivity index (χ0) is 23.0. The van der Waals surface area contributed by atoms with E-state index in [2.05, 4.69) is 26.0 Å². The van der Waals surface area contributed by atoms with Gasteiger partial charge in [-0.25, -0.2) is 0 Å². The molecule has 170 valence electrons. The highest BCUT2D eigenvalue weighted by Gasteiger charge is 2.43. The van der Waals surface area contributed by atoms with Crippen molar-refractivity contribution in [3.05, 3.63) is 58.1 Å². The molecule has 0 radical (unpaired) electrons. The molecule has 0 bridgehead atoms. The van der Waals surface area contributed by atoms with Crippen LogP contribution in [0.5, 0.6) is 11.5 Å². The molecule has 1 saturated heterocycles. The molecule has 0 saturated carbocycles. The predicted molar refractivity (Wildman–Crippen MR) is 125 cm³/mol. The third-order valence-corrected chi connectivity index (χ3v) is 6.88. The van der Waals surface area contributed by atoms with Crippen molar-refractivity contribution in [2.45, 2.75) is 65.4 Å². The van der Waals surface area contributed by atoms with E-state index in [1.165, 1.54) is 0 Å². The smallest absolute Gasteiger partial charge is 0.260 e. The summed E-state index contributed by atoms with van der Waals surface area (Å²) in [5, 5.41) is 0. The van der Waals surface area contributed by atoms with Crippen molar-refractivity contribution < 1.29 is 19.1 Å². The van der Waals surface area contributed by atoms with E-state index in [1.54, 1.807) is 0 Å². The quantitative estimate of drug-likeness (QED) is 0.667. The molecule has 5 nitrogen and oxygen atoms in total. The van der Waals surface area contributed by atoms with Gasteiger partial charge >= 0.3 is 0 Å². The molecular formula is C27H33NO4. The van der Waals surface area contributed by atoms with Gasteiger partial charge in [0.05, 0.1) is 12.0 Å². The Kier molecular flexibility index (Phi) is 6.02. The van der Waals surface area contributed by atoms with E-state index in [4.69, 9.17) is 9.47 Å². The summed E-state index contributed by atoms with van der Waals surface area (Å²) in [6.07, 6.45) is 1.68. The van der Waals surface area contributed by atoms with Crippen molar-refractivity contribution in [2.24, 2.45) is 0 Å². The number of carbonyl (C=O) groups is 2. The number of hydrogen-bond acceptors (Lipinski definition) is 4. The Morgan fingerprint density at radius 2 is 1.78 bits per heavy atom. The lowest BCUT2D eigenvalue weighted by Crippen LogP contribution is -2.53. The Hall–Kier alpha value is -2.82. The standard InChI is InChI=1S/C27H33NO4/c1-17(2)21-7-6-18(3)12-24(21)31-16-26(30)28-10-8-27(9-11-28)15-23(29)22-13-19(4)20(5)14-25(22)32-27/h6-7,12-14,17H,8-11,15-16H2,1-5H3. The minimum atomic E-state index is -0.509. The first-order valence-electron chi connectivity index (χ1n) is 11.5. The zero-order valence-electron chi connectivity index (χ0n) is 19.8. The van der Waals surface area contributed by atoms with Crippen LogP contribution in [0.15, 0.2) is 30.3 Å². The van der Waals surface area contributed by atoms with Crippen molar-refractivity contribution in [1.29, 1.82) is 0 Å². The maximum absolute atomic E-state index is 12.8. The maximum atomic E-state index is 12.8. The van der Waals surface area contributed by atoms with Gasteiger partial charge in [-0.2, -0.15) is 0 Å². The number of aryl methyl sites for hydroxylation is 3. The summed E-state index contributed by atoms with van der Waals surface area (Å²) >= 11 is 0. The number of rotatable bonds is 4. The zero-order valence-corrected chi connectivity index (χ0v) is 19.8. The lowest BCUT2D eigenvalue weighted by Gasteiger charge is -2.44. The second kappa shape index (κ2) is 8.61. The van der Waals surface area contributed by atoms with Crippen LogP contribution in [0, 0.1) is 20.8 Å². The monoisotopic (exact) mass is 435 g/mol. The van der Waals surface area contributed by atoms with E-state index in [0.29, 0.717) is 49.6 Å². The highest BCUT2D eigenvalue weighted by atomic mass is 16.5. The Balaban J connectivity index is 1.39. The molecule has 5 heteroatoms. The van der Waals surface area contributed by atoms with Crippen molar-refractivity contribution >= 4 is 11.7 Å². The van der Waals surface area contributed by atoms with Gasteiger partial charge in [0.15, 0.2) is 12.4 Å². The van der Waals surface area contributed by atoms with Crippen LogP contribution in [-0.4, -0.2) is 41.9 Å². The number of likely N-dealkylation sites (tertiary alicyclic amines) is 1. The average Bonchev–Trinajstić information content (AvgIpc) is 2.74. The number of ether oxygens (including phenoxy) is 2. The van der Waals surface area contributed by atoms with Gasteiger partial charge in [0.25, 0.3) is 5.91 Å². The lowest BCUT2D eigenvalue weighted by atomic mass is 9.82. The van der Waals surface area contributed by atoms with Crippen molar-refractivity contribution in [3.63, 3.8) is 0 Å². The predicted octanol–water partition coefficient (Wildman–Crippen LogP) is 5.14.